The van der Waals surface area contributed by atoms with Crippen LogP contribution in [0.2, 0.25) is 0 Å². The standard InChI is InChI=1S/C20H31N5O5.C5H12/c1-20(2,3)30-19(29)25-15-7-5-4-6-12-10-22-17(27)14(12)8-13(9-21)24-16(26)11-23-18(15)28;1-5(2,3)4/h12-15H,4-8,10-11H2,1-3H3,(H,22,27)(H,23,28)(H,24,26)(H,25,29);1-4H3. The number of alkyl carbamates (subject to hydrolysis) is 1. The molecule has 0 aromatic carbocycles. The fraction of sp³-hybridized carbons (Fsp3) is 0.800. The number of hydrogen-bond donors (Lipinski definition) is 4. The second kappa shape index (κ2) is 13.3. The van der Waals surface area contributed by atoms with E-state index in [2.05, 4.69) is 49.0 Å². The van der Waals surface area contributed by atoms with Crippen molar-refractivity contribution in [3.05, 3.63) is 0 Å². The van der Waals surface area contributed by atoms with Crippen LogP contribution in [0.15, 0.2) is 0 Å². The van der Waals surface area contributed by atoms with E-state index in [9.17, 15) is 24.4 Å². The van der Waals surface area contributed by atoms with Crippen molar-refractivity contribution in [1.29, 1.82) is 5.26 Å². The van der Waals surface area contributed by atoms with Crippen LogP contribution in [0.25, 0.3) is 0 Å². The summed E-state index contributed by atoms with van der Waals surface area (Å²) < 4.78 is 5.23. The summed E-state index contributed by atoms with van der Waals surface area (Å²) in [4.78, 5) is 49.0. The molecule has 2 fully saturated rings. The van der Waals surface area contributed by atoms with E-state index in [4.69, 9.17) is 4.74 Å². The monoisotopic (exact) mass is 493 g/mol. The zero-order valence-corrected chi connectivity index (χ0v) is 22.2. The zero-order valence-electron chi connectivity index (χ0n) is 22.2. The fourth-order valence-electron chi connectivity index (χ4n) is 3.73. The second-order valence-electron chi connectivity index (χ2n) is 11.8. The molecule has 4 N–H and O–H groups in total. The second-order valence-corrected chi connectivity index (χ2v) is 11.8. The Bertz CT molecular complexity index is 788. The number of ether oxygens (including phenoxy) is 1. The average molecular weight is 494 g/mol. The van der Waals surface area contributed by atoms with Crippen molar-refractivity contribution in [2.45, 2.75) is 98.3 Å². The van der Waals surface area contributed by atoms with Crippen LogP contribution < -0.4 is 21.3 Å². The first-order chi connectivity index (χ1) is 16.1. The van der Waals surface area contributed by atoms with Gasteiger partial charge in [-0.2, -0.15) is 5.26 Å². The van der Waals surface area contributed by atoms with E-state index >= 15 is 0 Å². The maximum absolute atomic E-state index is 12.5. The lowest BCUT2D eigenvalue weighted by Crippen LogP contribution is -2.51. The lowest BCUT2D eigenvalue weighted by atomic mass is 9.85. The highest BCUT2D eigenvalue weighted by Gasteiger charge is 2.36. The molecule has 4 atom stereocenters. The van der Waals surface area contributed by atoms with Crippen LogP contribution in [-0.4, -0.2) is 54.6 Å². The lowest BCUT2D eigenvalue weighted by Gasteiger charge is -2.24. The Morgan fingerprint density at radius 3 is 2.17 bits per heavy atom. The van der Waals surface area contributed by atoms with Crippen LogP contribution in [0.1, 0.15) is 80.6 Å². The van der Waals surface area contributed by atoms with Gasteiger partial charge in [0.2, 0.25) is 17.7 Å². The Kier molecular flexibility index (Phi) is 11.5. The molecule has 2 aliphatic heterocycles. The molecule has 0 bridgehead atoms. The van der Waals surface area contributed by atoms with E-state index in [0.29, 0.717) is 24.8 Å². The predicted molar refractivity (Wildman–Crippen MR) is 132 cm³/mol. The maximum atomic E-state index is 12.5. The minimum Gasteiger partial charge on any atom is -0.444 e. The normalized spacial score (nSPS) is 26.3. The van der Waals surface area contributed by atoms with Crippen molar-refractivity contribution < 1.29 is 23.9 Å². The highest BCUT2D eigenvalue weighted by Crippen LogP contribution is 2.28. The summed E-state index contributed by atoms with van der Waals surface area (Å²) in [6.07, 6.45) is 2.08. The van der Waals surface area contributed by atoms with Crippen LogP contribution in [0.4, 0.5) is 4.79 Å². The minimum absolute atomic E-state index is 0.0688. The molecule has 0 spiro atoms. The summed E-state index contributed by atoms with van der Waals surface area (Å²) in [7, 11) is 0. The lowest BCUT2D eigenvalue weighted by molar-refractivity contribution is -0.127. The molecule has 0 aliphatic carbocycles. The van der Waals surface area contributed by atoms with Gasteiger partial charge in [-0.1, -0.05) is 40.5 Å². The number of carbonyl (C=O) groups is 4. The third-order valence-electron chi connectivity index (χ3n) is 5.17. The average Bonchev–Trinajstić information content (AvgIpc) is 3.04. The highest BCUT2D eigenvalue weighted by molar-refractivity contribution is 5.89. The van der Waals surface area contributed by atoms with Crippen LogP contribution >= 0.6 is 0 Å². The molecule has 35 heavy (non-hydrogen) atoms. The van der Waals surface area contributed by atoms with Gasteiger partial charge in [-0.05, 0) is 51.4 Å². The number of nitrogens with one attached hydrogen (secondary N) is 4. The molecule has 198 valence electrons. The minimum atomic E-state index is -0.846. The molecule has 2 heterocycles. The van der Waals surface area contributed by atoms with E-state index < -0.39 is 35.6 Å². The van der Waals surface area contributed by atoms with E-state index in [0.717, 1.165) is 12.8 Å². The van der Waals surface area contributed by atoms with Crippen LogP contribution in [-0.2, 0) is 19.1 Å². The predicted octanol–water partition coefficient (Wildman–Crippen LogP) is 2.38. The van der Waals surface area contributed by atoms with Gasteiger partial charge in [-0.15, -0.1) is 0 Å². The molecule has 10 nitrogen and oxygen atoms in total. The summed E-state index contributed by atoms with van der Waals surface area (Å²) >= 11 is 0. The van der Waals surface area contributed by atoms with Crippen molar-refractivity contribution in [3.63, 3.8) is 0 Å². The van der Waals surface area contributed by atoms with E-state index in [-0.39, 0.29) is 30.7 Å². The third kappa shape index (κ3) is 13.0. The van der Waals surface area contributed by atoms with E-state index in [1.165, 1.54) is 0 Å². The molecule has 0 aromatic rings. The van der Waals surface area contributed by atoms with Crippen molar-refractivity contribution in [2.75, 3.05) is 13.1 Å². The molecule has 2 aliphatic rings. The topological polar surface area (TPSA) is 149 Å². The molecular formula is C25H43N5O5. The van der Waals surface area contributed by atoms with Gasteiger partial charge >= 0.3 is 6.09 Å². The van der Waals surface area contributed by atoms with Gasteiger partial charge in [0.05, 0.1) is 12.6 Å². The Labute approximate surface area is 209 Å². The molecule has 0 saturated carbocycles. The van der Waals surface area contributed by atoms with Gasteiger partial charge in [0.25, 0.3) is 0 Å². The molecule has 2 rings (SSSR count). The van der Waals surface area contributed by atoms with Gasteiger partial charge < -0.3 is 26.0 Å². The molecule has 0 radical (unpaired) electrons. The number of carbonyl (C=O) groups excluding carboxylic acids is 4. The Hall–Kier alpha value is -2.83. The van der Waals surface area contributed by atoms with Gasteiger partial charge in [-0.3, -0.25) is 14.4 Å². The highest BCUT2D eigenvalue weighted by atomic mass is 16.6. The first kappa shape index (κ1) is 30.2. The SMILES string of the molecule is CC(C)(C)C.CC(C)(C)OC(=O)NC1CCCCC2CNC(=O)C2CC(C#N)NC(=O)CNC1=O. The quantitative estimate of drug-likeness (QED) is 0.440. The Morgan fingerprint density at radius 2 is 1.60 bits per heavy atom. The first-order valence-electron chi connectivity index (χ1n) is 12.3. The van der Waals surface area contributed by atoms with E-state index in [1.54, 1.807) is 20.8 Å². The fourth-order valence-corrected chi connectivity index (χ4v) is 3.73. The molecule has 4 amide bonds. The van der Waals surface area contributed by atoms with Crippen LogP contribution in [0.3, 0.4) is 0 Å². The van der Waals surface area contributed by atoms with Gasteiger partial charge in [0, 0.05) is 12.5 Å². The molecule has 10 heteroatoms. The summed E-state index contributed by atoms with van der Waals surface area (Å²) in [6, 6.07) is 0.356. The van der Waals surface area contributed by atoms with E-state index in [1.807, 2.05) is 6.07 Å². The number of nitrogens with zero attached hydrogens (tertiary/aromatic N) is 1. The summed E-state index contributed by atoms with van der Waals surface area (Å²) in [5, 5.41) is 19.8. The third-order valence-corrected chi connectivity index (χ3v) is 5.17. The Morgan fingerprint density at radius 1 is 1.00 bits per heavy atom. The molecular weight excluding hydrogens is 450 g/mol. The van der Waals surface area contributed by atoms with Crippen LogP contribution in [0, 0.1) is 28.6 Å². The number of amides is 4. The largest absolute Gasteiger partial charge is 0.444 e. The first-order valence-corrected chi connectivity index (χ1v) is 12.3. The molecule has 0 aromatic heterocycles. The maximum Gasteiger partial charge on any atom is 0.408 e. The van der Waals surface area contributed by atoms with Crippen LogP contribution in [0.5, 0.6) is 0 Å². The zero-order chi connectivity index (χ0) is 26.8. The number of nitriles is 1. The number of rotatable bonds is 1. The Balaban J connectivity index is 0.00000111. The molecule has 4 unspecified atom stereocenters. The van der Waals surface area contributed by atoms with Crippen molar-refractivity contribution in [1.82, 2.24) is 21.3 Å². The van der Waals surface area contributed by atoms with Crippen molar-refractivity contribution >= 4 is 23.8 Å². The number of hydrogen-bond acceptors (Lipinski definition) is 6. The van der Waals surface area contributed by atoms with Gasteiger partial charge in [-0.25, -0.2) is 4.79 Å². The van der Waals surface area contributed by atoms with Gasteiger partial charge in [0.15, 0.2) is 0 Å². The summed E-state index contributed by atoms with van der Waals surface area (Å²) in [5.41, 5.74) is -0.203. The number of fused-ring (bicyclic) bond motifs is 1. The molecule has 2 saturated heterocycles. The summed E-state index contributed by atoms with van der Waals surface area (Å²) in [5.74, 6) is -1.38. The van der Waals surface area contributed by atoms with Crippen molar-refractivity contribution in [2.24, 2.45) is 17.3 Å². The van der Waals surface area contributed by atoms with Gasteiger partial charge in [0.1, 0.15) is 17.7 Å². The summed E-state index contributed by atoms with van der Waals surface area (Å²) in [6.45, 7) is 14.1. The van der Waals surface area contributed by atoms with Crippen molar-refractivity contribution in [3.8, 4) is 6.07 Å². The smallest absolute Gasteiger partial charge is 0.408 e.